The number of rotatable bonds is 4. The zero-order chi connectivity index (χ0) is 13.0. The summed E-state index contributed by atoms with van der Waals surface area (Å²) in [7, 11) is 0. The molecule has 1 N–H and O–H groups in total. The average Bonchev–Trinajstić information content (AvgIpc) is 2.38. The first-order chi connectivity index (χ1) is 8.72. The minimum absolute atomic E-state index is 0.0163. The van der Waals surface area contributed by atoms with Crippen molar-refractivity contribution >= 4 is 23.2 Å². The molecule has 0 spiro atoms. The zero-order valence-corrected chi connectivity index (χ0v) is 11.8. The van der Waals surface area contributed by atoms with Crippen molar-refractivity contribution in [1.82, 2.24) is 5.32 Å². The van der Waals surface area contributed by atoms with Crippen molar-refractivity contribution in [3.8, 4) is 0 Å². The van der Waals surface area contributed by atoms with Gasteiger partial charge in [0.05, 0.1) is 25.9 Å². The molecule has 1 heterocycles. The van der Waals surface area contributed by atoms with Gasteiger partial charge in [-0.05, 0) is 24.2 Å². The van der Waals surface area contributed by atoms with Crippen LogP contribution in [0.4, 0.5) is 0 Å². The van der Waals surface area contributed by atoms with E-state index in [9.17, 15) is 0 Å². The molecule has 1 aromatic rings. The molecule has 5 heteroatoms. The zero-order valence-electron chi connectivity index (χ0n) is 10.3. The maximum absolute atomic E-state index is 6.26. The minimum Gasteiger partial charge on any atom is -0.376 e. The van der Waals surface area contributed by atoms with Crippen LogP contribution < -0.4 is 5.32 Å². The third kappa shape index (κ3) is 3.37. The summed E-state index contributed by atoms with van der Waals surface area (Å²) in [5.41, 5.74) is 0.999. The van der Waals surface area contributed by atoms with E-state index in [2.05, 4.69) is 12.2 Å². The second kappa shape index (κ2) is 6.73. The quantitative estimate of drug-likeness (QED) is 0.924. The molecule has 1 aliphatic heterocycles. The molecule has 1 aliphatic rings. The topological polar surface area (TPSA) is 30.5 Å². The molecule has 2 atom stereocenters. The molecule has 1 fully saturated rings. The fourth-order valence-electron chi connectivity index (χ4n) is 2.11. The minimum atomic E-state index is -0.0163. The molecule has 0 amide bonds. The number of hydrogen-bond donors (Lipinski definition) is 1. The molecular weight excluding hydrogens is 273 g/mol. The van der Waals surface area contributed by atoms with Crippen LogP contribution in [0.5, 0.6) is 0 Å². The summed E-state index contributed by atoms with van der Waals surface area (Å²) in [6, 6.07) is 5.57. The molecule has 3 nitrogen and oxygen atoms in total. The Labute approximate surface area is 117 Å². The summed E-state index contributed by atoms with van der Waals surface area (Å²) in [6.45, 7) is 4.75. The van der Waals surface area contributed by atoms with E-state index in [-0.39, 0.29) is 12.1 Å². The largest absolute Gasteiger partial charge is 0.376 e. The lowest BCUT2D eigenvalue weighted by Gasteiger charge is -2.31. The number of halogens is 2. The van der Waals surface area contributed by atoms with Gasteiger partial charge in [-0.2, -0.15) is 0 Å². The molecule has 0 aromatic heterocycles. The lowest BCUT2D eigenvalue weighted by molar-refractivity contribution is -0.102. The van der Waals surface area contributed by atoms with Gasteiger partial charge in [-0.25, -0.2) is 0 Å². The molecule has 0 bridgehead atoms. The van der Waals surface area contributed by atoms with Crippen LogP contribution >= 0.6 is 23.2 Å². The van der Waals surface area contributed by atoms with Crippen molar-refractivity contribution in [3.05, 3.63) is 33.8 Å². The van der Waals surface area contributed by atoms with Gasteiger partial charge in [0.2, 0.25) is 0 Å². The Morgan fingerprint density at radius 2 is 2.22 bits per heavy atom. The molecule has 2 rings (SSSR count). The highest BCUT2D eigenvalue weighted by Gasteiger charge is 2.27. The average molecular weight is 290 g/mol. The Bertz CT molecular complexity index is 395. The predicted molar refractivity (Wildman–Crippen MR) is 73.4 cm³/mol. The van der Waals surface area contributed by atoms with Gasteiger partial charge in [-0.1, -0.05) is 36.2 Å². The highest BCUT2D eigenvalue weighted by atomic mass is 35.5. The summed E-state index contributed by atoms with van der Waals surface area (Å²) >= 11 is 12.2. The summed E-state index contributed by atoms with van der Waals surface area (Å²) in [6.07, 6.45) is -0.0163. The van der Waals surface area contributed by atoms with Crippen molar-refractivity contribution in [1.29, 1.82) is 0 Å². The van der Waals surface area contributed by atoms with Crippen molar-refractivity contribution in [2.45, 2.75) is 19.1 Å². The van der Waals surface area contributed by atoms with Crippen molar-refractivity contribution < 1.29 is 9.47 Å². The summed E-state index contributed by atoms with van der Waals surface area (Å²) in [5.74, 6) is 0. The number of ether oxygens (including phenoxy) is 2. The second-order valence-corrected chi connectivity index (χ2v) is 5.03. The number of hydrogen-bond acceptors (Lipinski definition) is 3. The van der Waals surface area contributed by atoms with Crippen LogP contribution in [-0.2, 0) is 9.47 Å². The van der Waals surface area contributed by atoms with Gasteiger partial charge in [0.1, 0.15) is 6.10 Å². The van der Waals surface area contributed by atoms with Gasteiger partial charge in [0.15, 0.2) is 0 Å². The Balaban J connectivity index is 2.22. The Kier molecular flexibility index (Phi) is 5.27. The van der Waals surface area contributed by atoms with E-state index in [0.29, 0.717) is 29.9 Å². The third-order valence-corrected chi connectivity index (χ3v) is 3.50. The van der Waals surface area contributed by atoms with Crippen molar-refractivity contribution in [3.63, 3.8) is 0 Å². The van der Waals surface area contributed by atoms with E-state index in [1.54, 1.807) is 6.07 Å². The van der Waals surface area contributed by atoms with Gasteiger partial charge >= 0.3 is 0 Å². The predicted octanol–water partition coefficient (Wildman–Crippen LogP) is 3.06. The first-order valence-corrected chi connectivity index (χ1v) is 6.85. The van der Waals surface area contributed by atoms with Crippen LogP contribution in [0.3, 0.4) is 0 Å². The molecule has 18 heavy (non-hydrogen) atoms. The van der Waals surface area contributed by atoms with Crippen LogP contribution in [0.15, 0.2) is 18.2 Å². The van der Waals surface area contributed by atoms with E-state index in [1.165, 1.54) is 0 Å². The van der Waals surface area contributed by atoms with E-state index >= 15 is 0 Å². The molecule has 0 saturated carbocycles. The summed E-state index contributed by atoms with van der Waals surface area (Å²) in [5, 5.41) is 4.69. The normalized spacial score (nSPS) is 21.8. The standard InChI is InChI=1S/C13H17Cl2NO2/c1-2-16-13(12-8-17-5-6-18-12)10-4-3-9(14)7-11(10)15/h3-4,7,12-13,16H,2,5-6,8H2,1H3. The first-order valence-electron chi connectivity index (χ1n) is 6.10. The van der Waals surface area contributed by atoms with Crippen LogP contribution in [0.25, 0.3) is 0 Å². The Morgan fingerprint density at radius 3 is 2.83 bits per heavy atom. The molecule has 100 valence electrons. The van der Waals surface area contributed by atoms with Gasteiger partial charge < -0.3 is 14.8 Å². The fourth-order valence-corrected chi connectivity index (χ4v) is 2.64. The maximum atomic E-state index is 6.26. The van der Waals surface area contributed by atoms with E-state index < -0.39 is 0 Å². The summed E-state index contributed by atoms with van der Waals surface area (Å²) < 4.78 is 11.2. The van der Waals surface area contributed by atoms with Crippen molar-refractivity contribution in [2.24, 2.45) is 0 Å². The van der Waals surface area contributed by atoms with Crippen LogP contribution in [0.2, 0.25) is 10.0 Å². The van der Waals surface area contributed by atoms with Gasteiger partial charge in [-0.15, -0.1) is 0 Å². The van der Waals surface area contributed by atoms with E-state index in [0.717, 1.165) is 12.1 Å². The number of likely N-dealkylation sites (N-methyl/N-ethyl adjacent to an activating group) is 1. The van der Waals surface area contributed by atoms with Gasteiger partial charge in [-0.3, -0.25) is 0 Å². The molecule has 1 saturated heterocycles. The number of nitrogens with one attached hydrogen (secondary N) is 1. The monoisotopic (exact) mass is 289 g/mol. The fraction of sp³-hybridized carbons (Fsp3) is 0.538. The van der Waals surface area contributed by atoms with Gasteiger partial charge in [0.25, 0.3) is 0 Å². The van der Waals surface area contributed by atoms with Gasteiger partial charge in [0, 0.05) is 10.0 Å². The van der Waals surface area contributed by atoms with Crippen LogP contribution in [0.1, 0.15) is 18.5 Å². The molecule has 0 radical (unpaired) electrons. The molecule has 2 unspecified atom stereocenters. The highest BCUT2D eigenvalue weighted by molar-refractivity contribution is 6.35. The first kappa shape index (κ1) is 14.1. The Hall–Kier alpha value is -0.320. The SMILES string of the molecule is CCNC(c1ccc(Cl)cc1Cl)C1COCCO1. The maximum Gasteiger partial charge on any atom is 0.100 e. The highest BCUT2D eigenvalue weighted by Crippen LogP contribution is 2.30. The van der Waals surface area contributed by atoms with Crippen LogP contribution in [0, 0.1) is 0 Å². The number of benzene rings is 1. The lowest BCUT2D eigenvalue weighted by atomic mass is 10.0. The second-order valence-electron chi connectivity index (χ2n) is 4.19. The molecule has 1 aromatic carbocycles. The van der Waals surface area contributed by atoms with E-state index in [4.69, 9.17) is 32.7 Å². The summed E-state index contributed by atoms with van der Waals surface area (Å²) in [4.78, 5) is 0. The van der Waals surface area contributed by atoms with E-state index in [1.807, 2.05) is 12.1 Å². The smallest absolute Gasteiger partial charge is 0.100 e. The third-order valence-electron chi connectivity index (χ3n) is 2.94. The molecule has 0 aliphatic carbocycles. The molecular formula is C13H17Cl2NO2. The van der Waals surface area contributed by atoms with Crippen molar-refractivity contribution in [2.75, 3.05) is 26.4 Å². The van der Waals surface area contributed by atoms with Crippen LogP contribution in [-0.4, -0.2) is 32.5 Å². The lowest BCUT2D eigenvalue weighted by Crippen LogP contribution is -2.40. The Morgan fingerprint density at radius 1 is 1.39 bits per heavy atom.